The van der Waals surface area contributed by atoms with Crippen molar-refractivity contribution in [1.82, 2.24) is 19.5 Å². The summed E-state index contributed by atoms with van der Waals surface area (Å²) in [5.41, 5.74) is -3.63. The van der Waals surface area contributed by atoms with Gasteiger partial charge in [-0.25, -0.2) is 9.78 Å². The molecule has 0 saturated carbocycles. The number of aromatic nitrogens is 3. The molecule has 1 aliphatic rings. The molecule has 0 aromatic carbocycles. The lowest BCUT2D eigenvalue weighted by Gasteiger charge is -2.36. The lowest BCUT2D eigenvalue weighted by molar-refractivity contribution is -0.139. The maximum Gasteiger partial charge on any atom is 0.423 e. The zero-order chi connectivity index (χ0) is 21.6. The predicted molar refractivity (Wildman–Crippen MR) is 95.5 cm³/mol. The minimum Gasteiger partial charge on any atom is -0.444 e. The number of alkyl halides is 3. The average Bonchev–Trinajstić information content (AvgIpc) is 2.99. The number of amides is 1. The van der Waals surface area contributed by atoms with Crippen molar-refractivity contribution >= 4 is 17.6 Å². The number of anilines is 1. The van der Waals surface area contributed by atoms with E-state index in [9.17, 15) is 28.0 Å². The molecule has 12 heteroatoms. The van der Waals surface area contributed by atoms with Crippen LogP contribution in [-0.4, -0.2) is 57.4 Å². The number of aromatic amines is 1. The third-order valence-electron chi connectivity index (χ3n) is 4.30. The molecule has 1 aliphatic heterocycles. The van der Waals surface area contributed by atoms with Gasteiger partial charge < -0.3 is 14.5 Å². The Hall–Kier alpha value is -3.23. The van der Waals surface area contributed by atoms with E-state index in [1.807, 2.05) is 6.07 Å². The molecule has 1 amide bonds. The number of piperazine rings is 1. The number of carbonyl (C=O) groups is 1. The number of hydrogen-bond acceptors (Lipinski definition) is 6. The molecule has 1 saturated heterocycles. The summed E-state index contributed by atoms with van der Waals surface area (Å²) in [6.07, 6.45) is -4.90. The van der Waals surface area contributed by atoms with Crippen LogP contribution in [0.15, 0.2) is 11.0 Å². The van der Waals surface area contributed by atoms with Crippen LogP contribution in [0.4, 0.5) is 23.8 Å². The van der Waals surface area contributed by atoms with Gasteiger partial charge in [0.05, 0.1) is 0 Å². The average molecular weight is 412 g/mol. The first kappa shape index (κ1) is 20.5. The Morgan fingerprint density at radius 1 is 1.24 bits per heavy atom. The van der Waals surface area contributed by atoms with Crippen molar-refractivity contribution in [2.45, 2.75) is 32.5 Å². The summed E-state index contributed by atoms with van der Waals surface area (Å²) in [5.74, 6) is 0.181. The Balaban J connectivity index is 1.88. The van der Waals surface area contributed by atoms with Crippen LogP contribution in [0.2, 0.25) is 0 Å². The Bertz CT molecular complexity index is 1040. The number of halogens is 3. The highest BCUT2D eigenvalue weighted by Gasteiger charge is 2.36. The highest BCUT2D eigenvalue weighted by Crippen LogP contribution is 2.28. The minimum absolute atomic E-state index is 0.0402. The van der Waals surface area contributed by atoms with Crippen molar-refractivity contribution in [1.29, 1.82) is 5.26 Å². The summed E-state index contributed by atoms with van der Waals surface area (Å²) in [7, 11) is 0. The van der Waals surface area contributed by atoms with Crippen molar-refractivity contribution in [2.75, 3.05) is 31.1 Å². The van der Waals surface area contributed by atoms with Crippen LogP contribution in [0, 0.1) is 11.3 Å². The highest BCUT2D eigenvalue weighted by molar-refractivity contribution is 5.70. The normalized spacial score (nSPS) is 15.5. The largest absolute Gasteiger partial charge is 0.444 e. The highest BCUT2D eigenvalue weighted by atomic mass is 19.4. The molecule has 1 fully saturated rings. The minimum atomic E-state index is -4.86. The topological polar surface area (TPSA) is 107 Å². The summed E-state index contributed by atoms with van der Waals surface area (Å²) in [6, 6.07) is 1.88. The number of ether oxygens (including phenoxy) is 1. The van der Waals surface area contributed by atoms with Crippen LogP contribution in [0.25, 0.3) is 5.65 Å². The third kappa shape index (κ3) is 3.98. The molecule has 0 unspecified atom stereocenters. The molecule has 0 atom stereocenters. The molecule has 2 aromatic rings. The zero-order valence-electron chi connectivity index (χ0n) is 16.0. The van der Waals surface area contributed by atoms with Crippen LogP contribution in [-0.2, 0) is 10.9 Å². The standard InChI is InChI=1S/C17H19F3N6O3/c1-16(2,3)29-15(28)25-6-4-24(5-7-25)13-10(8-21)12-22-9-11(17(18,19)20)14(27)26(12)23-13/h9,23H,4-7H2,1-3H3. The molecule has 0 spiro atoms. The van der Waals surface area contributed by atoms with Gasteiger partial charge in [-0.1, -0.05) is 0 Å². The molecule has 0 radical (unpaired) electrons. The van der Waals surface area contributed by atoms with Gasteiger partial charge in [-0.05, 0) is 20.8 Å². The van der Waals surface area contributed by atoms with E-state index in [4.69, 9.17) is 4.74 Å². The number of nitriles is 1. The number of carbonyl (C=O) groups excluding carboxylic acids is 1. The van der Waals surface area contributed by atoms with Crippen molar-refractivity contribution in [3.8, 4) is 6.07 Å². The Labute approximate surface area is 163 Å². The van der Waals surface area contributed by atoms with E-state index in [-0.39, 0.29) is 30.1 Å². The summed E-state index contributed by atoms with van der Waals surface area (Å²) in [6.45, 7) is 6.42. The number of nitrogens with one attached hydrogen (secondary N) is 1. The monoisotopic (exact) mass is 412 g/mol. The fraction of sp³-hybridized carbons (Fsp3) is 0.529. The molecule has 29 heavy (non-hydrogen) atoms. The summed E-state index contributed by atoms with van der Waals surface area (Å²) >= 11 is 0. The summed E-state index contributed by atoms with van der Waals surface area (Å²) in [5, 5.41) is 12.0. The molecule has 0 bridgehead atoms. The first-order valence-corrected chi connectivity index (χ1v) is 8.76. The molecular formula is C17H19F3N6O3. The molecule has 2 aromatic heterocycles. The van der Waals surface area contributed by atoms with E-state index in [2.05, 4.69) is 10.1 Å². The number of hydrogen-bond donors (Lipinski definition) is 1. The van der Waals surface area contributed by atoms with Crippen LogP contribution >= 0.6 is 0 Å². The second-order valence-corrected chi connectivity index (χ2v) is 7.54. The molecule has 3 heterocycles. The van der Waals surface area contributed by atoms with Gasteiger partial charge in [-0.15, -0.1) is 0 Å². The van der Waals surface area contributed by atoms with Crippen LogP contribution in [0.3, 0.4) is 0 Å². The lowest BCUT2D eigenvalue weighted by Crippen LogP contribution is -2.50. The van der Waals surface area contributed by atoms with Crippen molar-refractivity contribution < 1.29 is 22.7 Å². The summed E-state index contributed by atoms with van der Waals surface area (Å²) in [4.78, 5) is 31.2. The molecule has 9 nitrogen and oxygen atoms in total. The van der Waals surface area contributed by atoms with Gasteiger partial charge in [0.15, 0.2) is 5.65 Å². The van der Waals surface area contributed by atoms with Gasteiger partial charge in [-0.3, -0.25) is 9.89 Å². The fourth-order valence-corrected chi connectivity index (χ4v) is 2.97. The van der Waals surface area contributed by atoms with E-state index >= 15 is 0 Å². The quantitative estimate of drug-likeness (QED) is 0.768. The molecular weight excluding hydrogens is 393 g/mol. The third-order valence-corrected chi connectivity index (χ3v) is 4.30. The second-order valence-electron chi connectivity index (χ2n) is 7.54. The molecule has 3 rings (SSSR count). The lowest BCUT2D eigenvalue weighted by atomic mass is 10.2. The van der Waals surface area contributed by atoms with Gasteiger partial charge in [0.25, 0.3) is 5.56 Å². The zero-order valence-corrected chi connectivity index (χ0v) is 16.0. The summed E-state index contributed by atoms with van der Waals surface area (Å²) < 4.78 is 44.8. The molecule has 156 valence electrons. The van der Waals surface area contributed by atoms with Gasteiger partial charge in [0.2, 0.25) is 0 Å². The predicted octanol–water partition coefficient (Wildman–Crippen LogP) is 1.97. The first-order valence-electron chi connectivity index (χ1n) is 8.76. The Morgan fingerprint density at radius 3 is 2.38 bits per heavy atom. The van der Waals surface area contributed by atoms with Gasteiger partial charge >= 0.3 is 12.3 Å². The number of H-pyrrole nitrogens is 1. The van der Waals surface area contributed by atoms with E-state index in [0.717, 1.165) is 0 Å². The maximum atomic E-state index is 13.0. The van der Waals surface area contributed by atoms with Gasteiger partial charge in [0.1, 0.15) is 28.6 Å². The SMILES string of the molecule is CC(C)(C)OC(=O)N1CCN(c2[nH]n3c(=O)c(C(F)(F)F)cnc3c2C#N)CC1. The van der Waals surface area contributed by atoms with Crippen LogP contribution in [0.5, 0.6) is 0 Å². The smallest absolute Gasteiger partial charge is 0.423 e. The molecule has 0 aliphatic carbocycles. The Morgan fingerprint density at radius 2 is 1.86 bits per heavy atom. The molecule has 1 N–H and O–H groups in total. The van der Waals surface area contributed by atoms with E-state index in [1.54, 1.807) is 25.7 Å². The number of fused-ring (bicyclic) bond motifs is 1. The first-order chi connectivity index (χ1) is 13.4. The van der Waals surface area contributed by atoms with Crippen LogP contribution < -0.4 is 10.5 Å². The maximum absolute atomic E-state index is 13.0. The van der Waals surface area contributed by atoms with E-state index < -0.39 is 29.0 Å². The van der Waals surface area contributed by atoms with Gasteiger partial charge in [-0.2, -0.15) is 22.9 Å². The van der Waals surface area contributed by atoms with E-state index in [1.165, 1.54) is 4.90 Å². The van der Waals surface area contributed by atoms with Crippen LogP contribution in [0.1, 0.15) is 31.9 Å². The van der Waals surface area contributed by atoms with Crippen molar-refractivity contribution in [3.05, 3.63) is 27.7 Å². The number of rotatable bonds is 1. The fourth-order valence-electron chi connectivity index (χ4n) is 2.97. The Kier molecular flexibility index (Phi) is 4.94. The number of nitrogens with zero attached hydrogens (tertiary/aromatic N) is 5. The van der Waals surface area contributed by atoms with E-state index in [0.29, 0.717) is 23.8 Å². The second kappa shape index (κ2) is 6.98. The van der Waals surface area contributed by atoms with Crippen molar-refractivity contribution in [3.63, 3.8) is 0 Å². The van der Waals surface area contributed by atoms with Crippen molar-refractivity contribution in [2.24, 2.45) is 0 Å². The van der Waals surface area contributed by atoms with Gasteiger partial charge in [0, 0.05) is 32.4 Å².